The minimum atomic E-state index is 0.534. The maximum atomic E-state index is 4.58. The van der Waals surface area contributed by atoms with Gasteiger partial charge in [-0.05, 0) is 38.8 Å². The molecule has 124 valence electrons. The first kappa shape index (κ1) is 16.7. The van der Waals surface area contributed by atoms with Crippen molar-refractivity contribution in [1.29, 1.82) is 0 Å². The predicted octanol–water partition coefficient (Wildman–Crippen LogP) is 0.602. The third-order valence-corrected chi connectivity index (χ3v) is 3.91. The molecule has 0 saturated carbocycles. The average molecular weight is 307 g/mol. The van der Waals surface area contributed by atoms with E-state index in [1.807, 2.05) is 7.05 Å². The summed E-state index contributed by atoms with van der Waals surface area (Å²) < 4.78 is 1.75. The van der Waals surface area contributed by atoms with Crippen LogP contribution < -0.4 is 10.6 Å². The number of aliphatic imine (C=N–C) groups is 1. The lowest BCUT2D eigenvalue weighted by atomic mass is 10.1. The third-order valence-electron chi connectivity index (χ3n) is 3.91. The smallest absolute Gasteiger partial charge is 0.191 e. The maximum Gasteiger partial charge on any atom is 0.191 e. The van der Waals surface area contributed by atoms with Crippen LogP contribution >= 0.6 is 0 Å². The van der Waals surface area contributed by atoms with E-state index < -0.39 is 0 Å². The Bertz CT molecular complexity index is 462. The van der Waals surface area contributed by atoms with E-state index in [4.69, 9.17) is 0 Å². The zero-order valence-corrected chi connectivity index (χ0v) is 14.0. The number of hydrogen-bond donors (Lipinski definition) is 2. The monoisotopic (exact) mass is 307 g/mol. The molecule has 22 heavy (non-hydrogen) atoms. The van der Waals surface area contributed by atoms with Crippen molar-refractivity contribution in [3.05, 3.63) is 12.2 Å². The summed E-state index contributed by atoms with van der Waals surface area (Å²) in [5, 5.41) is 10.8. The van der Waals surface area contributed by atoms with Gasteiger partial charge in [0.25, 0.3) is 0 Å². The number of guanidine groups is 1. The fourth-order valence-electron chi connectivity index (χ4n) is 2.70. The first-order chi connectivity index (χ1) is 10.7. The maximum absolute atomic E-state index is 4.58. The van der Waals surface area contributed by atoms with Gasteiger partial charge in [0.15, 0.2) is 5.96 Å². The molecule has 2 N–H and O–H groups in total. The Morgan fingerprint density at radius 1 is 1.36 bits per heavy atom. The lowest BCUT2D eigenvalue weighted by Gasteiger charge is -2.21. The molecule has 0 radical (unpaired) electrons. The van der Waals surface area contributed by atoms with E-state index in [2.05, 4.69) is 44.5 Å². The SMILES string of the molecule is CCNC(=NCc1ncnn1C)NCC(C)CN1CCCC1. The molecule has 0 aliphatic carbocycles. The number of nitrogens with zero attached hydrogens (tertiary/aromatic N) is 5. The van der Waals surface area contributed by atoms with Crippen LogP contribution in [0.2, 0.25) is 0 Å². The minimum Gasteiger partial charge on any atom is -0.357 e. The second kappa shape index (κ2) is 8.73. The minimum absolute atomic E-state index is 0.534. The van der Waals surface area contributed by atoms with Gasteiger partial charge < -0.3 is 15.5 Å². The molecule has 7 nitrogen and oxygen atoms in total. The zero-order valence-electron chi connectivity index (χ0n) is 14.0. The number of likely N-dealkylation sites (tertiary alicyclic amines) is 1. The summed E-state index contributed by atoms with van der Waals surface area (Å²) in [5.41, 5.74) is 0. The standard InChI is InChI=1S/C15H29N7/c1-4-16-15(18-10-14-19-12-20-21(14)3)17-9-13(2)11-22-7-5-6-8-22/h12-13H,4-11H2,1-3H3,(H2,16,17,18). The van der Waals surface area contributed by atoms with E-state index in [1.165, 1.54) is 25.9 Å². The van der Waals surface area contributed by atoms with E-state index in [0.717, 1.165) is 31.4 Å². The van der Waals surface area contributed by atoms with Crippen molar-refractivity contribution >= 4 is 5.96 Å². The molecule has 0 spiro atoms. The summed E-state index contributed by atoms with van der Waals surface area (Å²) >= 11 is 0. The van der Waals surface area contributed by atoms with E-state index in [1.54, 1.807) is 11.0 Å². The quantitative estimate of drug-likeness (QED) is 0.570. The molecule has 1 atom stereocenters. The predicted molar refractivity (Wildman–Crippen MR) is 88.7 cm³/mol. The molecule has 0 amide bonds. The fourth-order valence-corrected chi connectivity index (χ4v) is 2.70. The molecule has 2 rings (SSSR count). The van der Waals surface area contributed by atoms with Crippen molar-refractivity contribution in [2.75, 3.05) is 32.7 Å². The van der Waals surface area contributed by atoms with E-state index >= 15 is 0 Å². The Morgan fingerprint density at radius 3 is 2.77 bits per heavy atom. The van der Waals surface area contributed by atoms with Crippen LogP contribution in [0.3, 0.4) is 0 Å². The highest BCUT2D eigenvalue weighted by molar-refractivity contribution is 5.79. The van der Waals surface area contributed by atoms with Crippen molar-refractivity contribution in [1.82, 2.24) is 30.3 Å². The van der Waals surface area contributed by atoms with E-state index in [9.17, 15) is 0 Å². The van der Waals surface area contributed by atoms with Gasteiger partial charge in [0, 0.05) is 26.7 Å². The number of rotatable bonds is 7. The summed E-state index contributed by atoms with van der Waals surface area (Å²) in [6.45, 7) is 10.4. The Hall–Kier alpha value is -1.63. The molecular formula is C15H29N7. The molecule has 1 saturated heterocycles. The van der Waals surface area contributed by atoms with Crippen molar-refractivity contribution in [3.63, 3.8) is 0 Å². The highest BCUT2D eigenvalue weighted by atomic mass is 15.3. The number of hydrogen-bond acceptors (Lipinski definition) is 4. The Balaban J connectivity index is 1.78. The number of aryl methyl sites for hydroxylation is 1. The van der Waals surface area contributed by atoms with Crippen molar-refractivity contribution in [2.45, 2.75) is 33.2 Å². The number of aromatic nitrogens is 3. The van der Waals surface area contributed by atoms with Gasteiger partial charge in [-0.1, -0.05) is 6.92 Å². The first-order valence-electron chi connectivity index (χ1n) is 8.26. The van der Waals surface area contributed by atoms with E-state index in [0.29, 0.717) is 12.5 Å². The van der Waals surface area contributed by atoms with Crippen LogP contribution in [0, 0.1) is 5.92 Å². The Labute approximate surface area is 133 Å². The van der Waals surface area contributed by atoms with Crippen LogP contribution in [-0.4, -0.2) is 58.3 Å². The molecule has 1 aromatic rings. The molecule has 1 aliphatic heterocycles. The van der Waals surface area contributed by atoms with Crippen molar-refractivity contribution in [3.8, 4) is 0 Å². The van der Waals surface area contributed by atoms with Crippen LogP contribution in [0.1, 0.15) is 32.5 Å². The van der Waals surface area contributed by atoms with Crippen LogP contribution in [0.15, 0.2) is 11.3 Å². The van der Waals surface area contributed by atoms with Crippen LogP contribution in [0.4, 0.5) is 0 Å². The van der Waals surface area contributed by atoms with Gasteiger partial charge in [0.1, 0.15) is 18.7 Å². The molecule has 1 fully saturated rings. The van der Waals surface area contributed by atoms with Gasteiger partial charge in [-0.3, -0.25) is 4.68 Å². The van der Waals surface area contributed by atoms with Crippen LogP contribution in [0.5, 0.6) is 0 Å². The molecule has 0 bridgehead atoms. The normalized spacial score (nSPS) is 17.7. The lowest BCUT2D eigenvalue weighted by Crippen LogP contribution is -2.41. The summed E-state index contributed by atoms with van der Waals surface area (Å²) in [5.74, 6) is 2.32. The largest absolute Gasteiger partial charge is 0.357 e. The molecule has 2 heterocycles. The second-order valence-corrected chi connectivity index (χ2v) is 5.99. The third kappa shape index (κ3) is 5.29. The zero-order chi connectivity index (χ0) is 15.8. The van der Waals surface area contributed by atoms with E-state index in [-0.39, 0.29) is 0 Å². The summed E-state index contributed by atoms with van der Waals surface area (Å²) in [4.78, 5) is 11.3. The summed E-state index contributed by atoms with van der Waals surface area (Å²) in [7, 11) is 1.89. The molecule has 1 aromatic heterocycles. The van der Waals surface area contributed by atoms with Gasteiger partial charge in [0.2, 0.25) is 0 Å². The van der Waals surface area contributed by atoms with Crippen LogP contribution in [-0.2, 0) is 13.6 Å². The second-order valence-electron chi connectivity index (χ2n) is 5.99. The highest BCUT2D eigenvalue weighted by Crippen LogP contribution is 2.09. The lowest BCUT2D eigenvalue weighted by molar-refractivity contribution is 0.287. The molecule has 0 aromatic carbocycles. The van der Waals surface area contributed by atoms with Gasteiger partial charge in [-0.15, -0.1) is 0 Å². The van der Waals surface area contributed by atoms with Gasteiger partial charge >= 0.3 is 0 Å². The van der Waals surface area contributed by atoms with Gasteiger partial charge in [0.05, 0.1) is 0 Å². The summed E-state index contributed by atoms with van der Waals surface area (Å²) in [6, 6.07) is 0. The molecule has 1 aliphatic rings. The van der Waals surface area contributed by atoms with Crippen molar-refractivity contribution in [2.24, 2.45) is 18.0 Å². The number of nitrogens with one attached hydrogen (secondary N) is 2. The first-order valence-corrected chi connectivity index (χ1v) is 8.26. The molecule has 7 heteroatoms. The van der Waals surface area contributed by atoms with Gasteiger partial charge in [-0.2, -0.15) is 5.10 Å². The van der Waals surface area contributed by atoms with Gasteiger partial charge in [-0.25, -0.2) is 9.98 Å². The Kier molecular flexibility index (Phi) is 6.64. The topological polar surface area (TPSA) is 70.4 Å². The fraction of sp³-hybridized carbons (Fsp3) is 0.800. The Morgan fingerprint density at radius 2 is 2.14 bits per heavy atom. The highest BCUT2D eigenvalue weighted by Gasteiger charge is 2.14. The molecular weight excluding hydrogens is 278 g/mol. The summed E-state index contributed by atoms with van der Waals surface area (Å²) in [6.07, 6.45) is 4.26. The van der Waals surface area contributed by atoms with Crippen LogP contribution in [0.25, 0.3) is 0 Å². The molecule has 1 unspecified atom stereocenters. The average Bonchev–Trinajstić information content (AvgIpc) is 3.14. The van der Waals surface area contributed by atoms with Crippen molar-refractivity contribution < 1.29 is 0 Å².